The molecule has 134 valence electrons. The highest BCUT2D eigenvalue weighted by Crippen LogP contribution is 2.27. The first-order chi connectivity index (χ1) is 12.6. The number of benzene rings is 2. The van der Waals surface area contributed by atoms with Crippen LogP contribution in [0.15, 0.2) is 59.0 Å². The highest BCUT2D eigenvalue weighted by atomic mass is 16.5. The molecular weight excluding hydrogens is 334 g/mol. The molecule has 0 aliphatic carbocycles. The van der Waals surface area contributed by atoms with Gasteiger partial charge in [0.15, 0.2) is 0 Å². The zero-order chi connectivity index (χ0) is 18.5. The topological polar surface area (TPSA) is 91.9 Å². The second-order valence-corrected chi connectivity index (χ2v) is 5.75. The molecule has 3 N–H and O–H groups in total. The van der Waals surface area contributed by atoms with Crippen LogP contribution in [-0.4, -0.2) is 23.3 Å². The zero-order valence-electron chi connectivity index (χ0n) is 14.2. The molecule has 6 heteroatoms. The molecule has 3 aromatic rings. The highest BCUT2D eigenvalue weighted by molar-refractivity contribution is 5.92. The first-order valence-electron chi connectivity index (χ1n) is 8.06. The smallest absolute Gasteiger partial charge is 0.339 e. The van der Waals surface area contributed by atoms with E-state index in [1.165, 1.54) is 12.1 Å². The van der Waals surface area contributed by atoms with Gasteiger partial charge in [0, 0.05) is 12.1 Å². The lowest BCUT2D eigenvalue weighted by Crippen LogP contribution is -2.11. The number of hydrogen-bond donors (Lipinski definition) is 3. The Kier molecular flexibility index (Phi) is 5.24. The summed E-state index contributed by atoms with van der Waals surface area (Å²) in [6, 6.07) is 15.8. The number of carboxylic acids is 1. The van der Waals surface area contributed by atoms with Gasteiger partial charge in [0.2, 0.25) is 0 Å². The van der Waals surface area contributed by atoms with Gasteiger partial charge in [-0.25, -0.2) is 4.79 Å². The Bertz CT molecular complexity index is 899. The van der Waals surface area contributed by atoms with E-state index in [-0.39, 0.29) is 11.3 Å². The number of carbonyl (C=O) groups is 1. The Morgan fingerprint density at radius 3 is 2.54 bits per heavy atom. The maximum absolute atomic E-state index is 11.1. The van der Waals surface area contributed by atoms with Crippen LogP contribution in [0.1, 0.15) is 21.7 Å². The van der Waals surface area contributed by atoms with Crippen molar-refractivity contribution in [3.8, 4) is 22.8 Å². The minimum Gasteiger partial charge on any atom is -0.507 e. The molecular formula is C20H19NO5. The molecule has 1 heterocycles. The van der Waals surface area contributed by atoms with Crippen molar-refractivity contribution in [1.82, 2.24) is 5.32 Å². The van der Waals surface area contributed by atoms with Crippen molar-refractivity contribution in [3.63, 3.8) is 0 Å². The first kappa shape index (κ1) is 17.6. The van der Waals surface area contributed by atoms with Gasteiger partial charge in [-0.05, 0) is 48.0 Å². The summed E-state index contributed by atoms with van der Waals surface area (Å²) in [5.74, 6) is 0.651. The molecule has 0 atom stereocenters. The molecule has 0 amide bonds. The molecule has 3 rings (SSSR count). The van der Waals surface area contributed by atoms with E-state index in [0.29, 0.717) is 24.4 Å². The third kappa shape index (κ3) is 4.04. The van der Waals surface area contributed by atoms with Crippen LogP contribution in [0, 0.1) is 0 Å². The lowest BCUT2D eigenvalue weighted by Gasteiger charge is -2.05. The fourth-order valence-electron chi connectivity index (χ4n) is 2.56. The second kappa shape index (κ2) is 7.76. The van der Waals surface area contributed by atoms with Gasteiger partial charge >= 0.3 is 5.97 Å². The van der Waals surface area contributed by atoms with E-state index in [9.17, 15) is 9.90 Å². The van der Waals surface area contributed by atoms with Crippen LogP contribution in [0.25, 0.3) is 11.3 Å². The average molecular weight is 353 g/mol. The Morgan fingerprint density at radius 2 is 1.85 bits per heavy atom. The van der Waals surface area contributed by atoms with Gasteiger partial charge in [0.05, 0.1) is 13.7 Å². The molecule has 6 nitrogen and oxygen atoms in total. The molecule has 2 aromatic carbocycles. The summed E-state index contributed by atoms with van der Waals surface area (Å²) in [7, 11) is 1.63. The number of nitrogens with one attached hydrogen (secondary N) is 1. The van der Waals surface area contributed by atoms with Crippen LogP contribution in [0.4, 0.5) is 0 Å². The third-order valence-corrected chi connectivity index (χ3v) is 3.96. The van der Waals surface area contributed by atoms with Crippen molar-refractivity contribution in [2.24, 2.45) is 0 Å². The minimum absolute atomic E-state index is 0.155. The third-order valence-electron chi connectivity index (χ3n) is 3.96. The lowest BCUT2D eigenvalue weighted by molar-refractivity contribution is 0.0694. The summed E-state index contributed by atoms with van der Waals surface area (Å²) in [4.78, 5) is 11.1. The van der Waals surface area contributed by atoms with Crippen LogP contribution >= 0.6 is 0 Å². The number of aromatic carboxylic acids is 1. The van der Waals surface area contributed by atoms with E-state index in [0.717, 1.165) is 17.1 Å². The SMILES string of the molecule is COc1ccc(CNCc2ccc(-c3ccc(O)c(C(=O)O)c3)o2)cc1. The molecule has 0 bridgehead atoms. The highest BCUT2D eigenvalue weighted by Gasteiger charge is 2.13. The summed E-state index contributed by atoms with van der Waals surface area (Å²) >= 11 is 0. The monoisotopic (exact) mass is 353 g/mol. The van der Waals surface area contributed by atoms with Crippen molar-refractivity contribution < 1.29 is 24.2 Å². The van der Waals surface area contributed by atoms with E-state index >= 15 is 0 Å². The molecule has 0 aliphatic rings. The number of ether oxygens (including phenoxy) is 1. The van der Waals surface area contributed by atoms with Crippen LogP contribution < -0.4 is 10.1 Å². The normalized spacial score (nSPS) is 10.7. The number of hydrogen-bond acceptors (Lipinski definition) is 5. The quantitative estimate of drug-likeness (QED) is 0.600. The van der Waals surface area contributed by atoms with Gasteiger partial charge in [-0.3, -0.25) is 0 Å². The van der Waals surface area contributed by atoms with E-state index in [2.05, 4.69) is 5.32 Å². The fourth-order valence-corrected chi connectivity index (χ4v) is 2.56. The second-order valence-electron chi connectivity index (χ2n) is 5.75. The predicted octanol–water partition coefficient (Wildman–Crippen LogP) is 3.65. The standard InChI is InChI=1S/C20H19NO5/c1-25-15-5-2-13(3-6-15)11-21-12-16-7-9-19(26-16)14-4-8-18(22)17(10-14)20(23)24/h2-10,21-22H,11-12H2,1H3,(H,23,24). The van der Waals surface area contributed by atoms with Gasteiger partial charge < -0.3 is 24.7 Å². The van der Waals surface area contributed by atoms with Gasteiger partial charge in [0.25, 0.3) is 0 Å². The van der Waals surface area contributed by atoms with Gasteiger partial charge in [-0.2, -0.15) is 0 Å². The van der Waals surface area contributed by atoms with Crippen molar-refractivity contribution in [2.45, 2.75) is 13.1 Å². The van der Waals surface area contributed by atoms with E-state index in [1.807, 2.05) is 30.3 Å². The Hall–Kier alpha value is -3.25. The molecule has 0 saturated carbocycles. The van der Waals surface area contributed by atoms with E-state index in [1.54, 1.807) is 19.2 Å². The van der Waals surface area contributed by atoms with Crippen LogP contribution in [0.3, 0.4) is 0 Å². The maximum atomic E-state index is 11.1. The number of methoxy groups -OCH3 is 1. The minimum atomic E-state index is -1.18. The van der Waals surface area contributed by atoms with Crippen molar-refractivity contribution >= 4 is 5.97 Å². The Labute approximate surface area is 150 Å². The van der Waals surface area contributed by atoms with Gasteiger partial charge in [0.1, 0.15) is 28.6 Å². The fraction of sp³-hybridized carbons (Fsp3) is 0.150. The molecule has 0 unspecified atom stereocenters. The van der Waals surface area contributed by atoms with Gasteiger partial charge in [-0.1, -0.05) is 12.1 Å². The first-order valence-corrected chi connectivity index (χ1v) is 8.06. The summed E-state index contributed by atoms with van der Waals surface area (Å²) < 4.78 is 10.9. The number of furan rings is 1. The van der Waals surface area contributed by atoms with Crippen molar-refractivity contribution in [3.05, 3.63) is 71.5 Å². The predicted molar refractivity (Wildman–Crippen MR) is 96.3 cm³/mol. The molecule has 0 spiro atoms. The number of carboxylic acid groups (broad SMARTS) is 1. The summed E-state index contributed by atoms with van der Waals surface area (Å²) in [5.41, 5.74) is 1.57. The largest absolute Gasteiger partial charge is 0.507 e. The average Bonchev–Trinajstić information content (AvgIpc) is 3.11. The molecule has 0 radical (unpaired) electrons. The molecule has 0 saturated heterocycles. The summed E-state index contributed by atoms with van der Waals surface area (Å²) in [6.45, 7) is 1.22. The van der Waals surface area contributed by atoms with Crippen LogP contribution in [0.2, 0.25) is 0 Å². The molecule has 0 aliphatic heterocycles. The summed E-state index contributed by atoms with van der Waals surface area (Å²) in [6.07, 6.45) is 0. The Morgan fingerprint density at radius 1 is 1.08 bits per heavy atom. The number of rotatable bonds is 7. The number of phenols is 1. The molecule has 1 aromatic heterocycles. The van der Waals surface area contributed by atoms with Crippen LogP contribution in [-0.2, 0) is 13.1 Å². The van der Waals surface area contributed by atoms with E-state index < -0.39 is 5.97 Å². The Balaban J connectivity index is 1.62. The van der Waals surface area contributed by atoms with Crippen molar-refractivity contribution in [2.75, 3.05) is 7.11 Å². The number of aromatic hydroxyl groups is 1. The molecule has 0 fully saturated rings. The zero-order valence-corrected chi connectivity index (χ0v) is 14.2. The lowest BCUT2D eigenvalue weighted by atomic mass is 10.1. The van der Waals surface area contributed by atoms with Gasteiger partial charge in [-0.15, -0.1) is 0 Å². The molecule has 26 heavy (non-hydrogen) atoms. The summed E-state index contributed by atoms with van der Waals surface area (Å²) in [5, 5.41) is 22.0. The maximum Gasteiger partial charge on any atom is 0.339 e. The van der Waals surface area contributed by atoms with E-state index in [4.69, 9.17) is 14.3 Å². The van der Waals surface area contributed by atoms with Crippen molar-refractivity contribution in [1.29, 1.82) is 0 Å². The van der Waals surface area contributed by atoms with Crippen LogP contribution in [0.5, 0.6) is 11.5 Å².